The van der Waals surface area contributed by atoms with Crippen molar-refractivity contribution in [3.8, 4) is 0 Å². The lowest BCUT2D eigenvalue weighted by molar-refractivity contribution is 0.581. The highest BCUT2D eigenvalue weighted by molar-refractivity contribution is 8.01. The highest BCUT2D eigenvalue weighted by Crippen LogP contribution is 2.44. The summed E-state index contributed by atoms with van der Waals surface area (Å²) in [5.41, 5.74) is 0. The van der Waals surface area contributed by atoms with Gasteiger partial charge in [0.2, 0.25) is 0 Å². The third-order valence-corrected chi connectivity index (χ3v) is 8.52. The summed E-state index contributed by atoms with van der Waals surface area (Å²) in [5.74, 6) is 1.25. The van der Waals surface area contributed by atoms with E-state index in [9.17, 15) is 8.42 Å². The number of nitrogens with one attached hydrogen (secondary N) is 1. The Morgan fingerprint density at radius 2 is 2.09 bits per heavy atom. The van der Waals surface area contributed by atoms with Crippen LogP contribution < -0.4 is 4.72 Å². The number of unbranched alkanes of at least 4 members (excludes halogenated alkanes) is 4. The van der Waals surface area contributed by atoms with Gasteiger partial charge in [-0.2, -0.15) is 0 Å². The molecule has 1 aromatic heterocycles. The molecule has 2 atom stereocenters. The summed E-state index contributed by atoms with van der Waals surface area (Å²) in [6.45, 7) is 2.23. The van der Waals surface area contributed by atoms with Crippen LogP contribution in [0.1, 0.15) is 51.9 Å². The third-order valence-electron chi connectivity index (χ3n) is 3.90. The first kappa shape index (κ1) is 18.6. The number of hydrogen-bond acceptors (Lipinski definition) is 4. The van der Waals surface area contributed by atoms with Crippen LogP contribution in [0, 0.1) is 5.92 Å². The number of thiophene rings is 1. The second-order valence-electron chi connectivity index (χ2n) is 5.75. The number of hydrogen-bond donors (Lipinski definition) is 1. The van der Waals surface area contributed by atoms with Gasteiger partial charge in [-0.3, -0.25) is 0 Å². The van der Waals surface area contributed by atoms with Crippen LogP contribution in [0.4, 0.5) is 0 Å². The maximum absolute atomic E-state index is 12.0. The SMILES string of the molecule is CCCCCCCC1CC1SCNS(=O)(=O)c1ccc(Cl)s1. The molecule has 0 bridgehead atoms. The van der Waals surface area contributed by atoms with Crippen LogP contribution in [0.25, 0.3) is 0 Å². The number of halogens is 1. The lowest BCUT2D eigenvalue weighted by atomic mass is 10.1. The Bertz CT molecular complexity index is 559. The molecule has 1 N–H and O–H groups in total. The normalized spacial score (nSPS) is 21.2. The maximum atomic E-state index is 12.0. The Morgan fingerprint density at radius 3 is 2.77 bits per heavy atom. The van der Waals surface area contributed by atoms with Crippen molar-refractivity contribution < 1.29 is 8.42 Å². The summed E-state index contributed by atoms with van der Waals surface area (Å²) in [4.78, 5) is 0. The largest absolute Gasteiger partial charge is 0.250 e. The van der Waals surface area contributed by atoms with E-state index in [2.05, 4.69) is 11.6 Å². The van der Waals surface area contributed by atoms with E-state index in [1.54, 1.807) is 23.9 Å². The second kappa shape index (κ2) is 8.92. The van der Waals surface area contributed by atoms with Gasteiger partial charge in [0.1, 0.15) is 4.21 Å². The standard InChI is InChI=1S/C15H24ClNO2S3/c1-2-3-4-5-6-7-12-10-13(12)20-11-17-22(18,19)15-9-8-14(16)21-15/h8-9,12-13,17H,2-7,10-11H2,1H3. The minimum Gasteiger partial charge on any atom is -0.206 e. The van der Waals surface area contributed by atoms with Crippen molar-refractivity contribution in [1.29, 1.82) is 0 Å². The quantitative estimate of drug-likeness (QED) is 0.427. The molecule has 0 aromatic carbocycles. The molecule has 126 valence electrons. The molecular formula is C15H24ClNO2S3. The fourth-order valence-corrected chi connectivity index (χ4v) is 6.56. The number of rotatable bonds is 11. The Kier molecular flexibility index (Phi) is 7.54. The molecule has 2 rings (SSSR count). The minimum absolute atomic E-state index is 0.293. The molecule has 0 amide bonds. The van der Waals surface area contributed by atoms with Crippen molar-refractivity contribution in [2.75, 3.05) is 5.88 Å². The zero-order valence-corrected chi connectivity index (χ0v) is 16.1. The van der Waals surface area contributed by atoms with Gasteiger partial charge in [0.05, 0.1) is 10.2 Å². The van der Waals surface area contributed by atoms with Crippen molar-refractivity contribution in [2.45, 2.75) is 61.3 Å². The molecule has 7 heteroatoms. The molecule has 1 fully saturated rings. The molecule has 0 aliphatic heterocycles. The third kappa shape index (κ3) is 6.04. The van der Waals surface area contributed by atoms with Gasteiger partial charge in [0, 0.05) is 5.25 Å². The van der Waals surface area contributed by atoms with E-state index in [0.29, 0.717) is 19.7 Å². The first-order valence-corrected chi connectivity index (χ1v) is 11.6. The van der Waals surface area contributed by atoms with E-state index >= 15 is 0 Å². The molecule has 0 spiro atoms. The maximum Gasteiger partial charge on any atom is 0.250 e. The van der Waals surface area contributed by atoms with E-state index in [0.717, 1.165) is 17.3 Å². The van der Waals surface area contributed by atoms with Crippen molar-refractivity contribution in [1.82, 2.24) is 4.72 Å². The Labute approximate surface area is 147 Å². The van der Waals surface area contributed by atoms with E-state index in [-0.39, 0.29) is 0 Å². The number of sulfonamides is 1. The minimum atomic E-state index is -3.39. The van der Waals surface area contributed by atoms with Gasteiger partial charge in [0.25, 0.3) is 10.0 Å². The lowest BCUT2D eigenvalue weighted by Gasteiger charge is -2.04. The Balaban J connectivity index is 1.58. The molecule has 1 aliphatic rings. The van der Waals surface area contributed by atoms with Gasteiger partial charge in [-0.05, 0) is 30.9 Å². The van der Waals surface area contributed by atoms with Gasteiger partial charge in [-0.15, -0.1) is 23.1 Å². The van der Waals surface area contributed by atoms with E-state index in [1.807, 2.05) is 0 Å². The highest BCUT2D eigenvalue weighted by Gasteiger charge is 2.36. The van der Waals surface area contributed by atoms with Crippen molar-refractivity contribution in [2.24, 2.45) is 5.92 Å². The van der Waals surface area contributed by atoms with Gasteiger partial charge in [0.15, 0.2) is 0 Å². The van der Waals surface area contributed by atoms with E-state index < -0.39 is 10.0 Å². The molecule has 0 radical (unpaired) electrons. The molecule has 1 heterocycles. The zero-order chi connectivity index (χ0) is 16.0. The van der Waals surface area contributed by atoms with Crippen LogP contribution in [-0.2, 0) is 10.0 Å². The molecule has 1 aromatic rings. The van der Waals surface area contributed by atoms with Crippen LogP contribution in [-0.4, -0.2) is 19.5 Å². The average Bonchev–Trinajstić information content (AvgIpc) is 3.05. The van der Waals surface area contributed by atoms with Gasteiger partial charge < -0.3 is 0 Å². The van der Waals surface area contributed by atoms with Crippen molar-refractivity contribution in [3.63, 3.8) is 0 Å². The molecule has 3 nitrogen and oxygen atoms in total. The molecule has 1 aliphatic carbocycles. The van der Waals surface area contributed by atoms with Crippen LogP contribution >= 0.6 is 34.7 Å². The molecule has 1 saturated carbocycles. The predicted molar refractivity (Wildman–Crippen MR) is 97.4 cm³/mol. The monoisotopic (exact) mass is 381 g/mol. The van der Waals surface area contributed by atoms with Crippen molar-refractivity contribution in [3.05, 3.63) is 16.5 Å². The fraction of sp³-hybridized carbons (Fsp3) is 0.733. The summed E-state index contributed by atoms with van der Waals surface area (Å²) in [7, 11) is -3.39. The average molecular weight is 382 g/mol. The predicted octanol–water partition coefficient (Wildman–Crippen LogP) is 5.12. The summed E-state index contributed by atoms with van der Waals surface area (Å²) < 4.78 is 27.5. The van der Waals surface area contributed by atoms with Crippen LogP contribution in [0.2, 0.25) is 4.34 Å². The first-order chi connectivity index (χ1) is 10.5. The zero-order valence-electron chi connectivity index (χ0n) is 12.9. The highest BCUT2D eigenvalue weighted by atomic mass is 35.5. The van der Waals surface area contributed by atoms with Crippen LogP contribution in [0.15, 0.2) is 16.3 Å². The van der Waals surface area contributed by atoms with Gasteiger partial charge in [-0.25, -0.2) is 13.1 Å². The molecule has 22 heavy (non-hydrogen) atoms. The summed E-state index contributed by atoms with van der Waals surface area (Å²) in [5, 5.41) is 0.640. The smallest absolute Gasteiger partial charge is 0.206 e. The number of thioether (sulfide) groups is 1. The van der Waals surface area contributed by atoms with E-state index in [4.69, 9.17) is 11.6 Å². The summed E-state index contributed by atoms with van der Waals surface area (Å²) in [6, 6.07) is 3.17. The lowest BCUT2D eigenvalue weighted by Crippen LogP contribution is -2.22. The van der Waals surface area contributed by atoms with Gasteiger partial charge in [-0.1, -0.05) is 50.6 Å². The fourth-order valence-electron chi connectivity index (χ4n) is 2.47. The molecule has 0 saturated heterocycles. The Morgan fingerprint density at radius 1 is 1.32 bits per heavy atom. The summed E-state index contributed by atoms with van der Waals surface area (Å²) in [6.07, 6.45) is 9.19. The molecular weight excluding hydrogens is 358 g/mol. The van der Waals surface area contributed by atoms with Crippen LogP contribution in [0.3, 0.4) is 0 Å². The first-order valence-electron chi connectivity index (χ1n) is 7.89. The summed E-state index contributed by atoms with van der Waals surface area (Å²) >= 11 is 8.60. The van der Waals surface area contributed by atoms with Crippen LogP contribution in [0.5, 0.6) is 0 Å². The van der Waals surface area contributed by atoms with E-state index in [1.165, 1.54) is 44.9 Å². The van der Waals surface area contributed by atoms with Gasteiger partial charge >= 0.3 is 0 Å². The second-order valence-corrected chi connectivity index (χ2v) is 10.7. The van der Waals surface area contributed by atoms with Crippen molar-refractivity contribution >= 4 is 44.7 Å². The Hall–Kier alpha value is 0.250. The topological polar surface area (TPSA) is 46.2 Å². The molecule has 2 unspecified atom stereocenters.